The zero-order valence-electron chi connectivity index (χ0n) is 11.2. The molecule has 1 aromatic carbocycles. The first-order chi connectivity index (χ1) is 9.45. The molecular weight excluding hydrogens is 280 g/mol. The highest BCUT2D eigenvalue weighted by Crippen LogP contribution is 2.31. The van der Waals surface area contributed by atoms with Crippen molar-refractivity contribution < 1.29 is 17.9 Å². The van der Waals surface area contributed by atoms with E-state index in [4.69, 9.17) is 5.73 Å². The monoisotopic (exact) mass is 298 g/mol. The van der Waals surface area contributed by atoms with Crippen molar-refractivity contribution in [1.82, 2.24) is 4.72 Å². The van der Waals surface area contributed by atoms with Gasteiger partial charge in [-0.25, -0.2) is 17.9 Å². The number of hydrogen-bond donors (Lipinski definition) is 2. The summed E-state index contributed by atoms with van der Waals surface area (Å²) in [6.07, 6.45) is 2.09. The first-order valence-corrected chi connectivity index (χ1v) is 7.86. The van der Waals surface area contributed by atoms with Gasteiger partial charge in [0.2, 0.25) is 10.0 Å². The average molecular weight is 298 g/mol. The van der Waals surface area contributed by atoms with Gasteiger partial charge >= 0.3 is 5.97 Å². The SMILES string of the molecule is COC(=O)c1ccccc1S(=O)(=O)NCC(N)C1CC1. The van der Waals surface area contributed by atoms with Gasteiger partial charge in [0.25, 0.3) is 0 Å². The van der Waals surface area contributed by atoms with Crippen molar-refractivity contribution in [3.8, 4) is 0 Å². The summed E-state index contributed by atoms with van der Waals surface area (Å²) >= 11 is 0. The molecule has 1 saturated carbocycles. The molecule has 0 bridgehead atoms. The minimum atomic E-state index is -3.78. The van der Waals surface area contributed by atoms with E-state index in [1.807, 2.05) is 0 Å². The smallest absolute Gasteiger partial charge is 0.339 e. The quantitative estimate of drug-likeness (QED) is 0.745. The van der Waals surface area contributed by atoms with E-state index in [9.17, 15) is 13.2 Å². The van der Waals surface area contributed by atoms with Gasteiger partial charge in [-0.15, -0.1) is 0 Å². The summed E-state index contributed by atoms with van der Waals surface area (Å²) in [5.41, 5.74) is 5.89. The molecule has 0 spiro atoms. The van der Waals surface area contributed by atoms with Gasteiger partial charge in [0.1, 0.15) is 0 Å². The number of sulfonamides is 1. The Morgan fingerprint density at radius 1 is 1.45 bits per heavy atom. The van der Waals surface area contributed by atoms with Crippen LogP contribution in [-0.4, -0.2) is 34.1 Å². The number of hydrogen-bond acceptors (Lipinski definition) is 5. The van der Waals surface area contributed by atoms with Gasteiger partial charge in [0, 0.05) is 12.6 Å². The molecule has 0 radical (unpaired) electrons. The molecule has 110 valence electrons. The number of esters is 1. The average Bonchev–Trinajstić information content (AvgIpc) is 3.28. The van der Waals surface area contributed by atoms with Crippen LogP contribution in [0.2, 0.25) is 0 Å². The lowest BCUT2D eigenvalue weighted by atomic mass is 10.2. The number of ether oxygens (including phenoxy) is 1. The Morgan fingerprint density at radius 2 is 2.10 bits per heavy atom. The number of carbonyl (C=O) groups is 1. The van der Waals surface area contributed by atoms with Crippen LogP contribution >= 0.6 is 0 Å². The lowest BCUT2D eigenvalue weighted by molar-refractivity contribution is 0.0596. The van der Waals surface area contributed by atoms with Crippen LogP contribution in [0.15, 0.2) is 29.2 Å². The maximum absolute atomic E-state index is 12.2. The molecular formula is C13H18N2O4S. The zero-order chi connectivity index (χ0) is 14.8. The number of nitrogens with one attached hydrogen (secondary N) is 1. The molecule has 6 nitrogen and oxygen atoms in total. The second kappa shape index (κ2) is 5.90. The molecule has 1 fully saturated rings. The van der Waals surface area contributed by atoms with Crippen LogP contribution < -0.4 is 10.5 Å². The number of rotatable bonds is 6. The Labute approximate surface area is 118 Å². The van der Waals surface area contributed by atoms with Crippen molar-refractivity contribution in [3.63, 3.8) is 0 Å². The number of benzene rings is 1. The van der Waals surface area contributed by atoms with E-state index in [1.165, 1.54) is 19.2 Å². The Balaban J connectivity index is 2.18. The highest BCUT2D eigenvalue weighted by Gasteiger charge is 2.30. The van der Waals surface area contributed by atoms with Crippen molar-refractivity contribution in [2.45, 2.75) is 23.8 Å². The maximum atomic E-state index is 12.2. The topological polar surface area (TPSA) is 98.5 Å². The van der Waals surface area contributed by atoms with Crippen LogP contribution in [0.1, 0.15) is 23.2 Å². The highest BCUT2D eigenvalue weighted by atomic mass is 32.2. The van der Waals surface area contributed by atoms with Crippen molar-refractivity contribution in [3.05, 3.63) is 29.8 Å². The fraction of sp³-hybridized carbons (Fsp3) is 0.462. The molecule has 0 aromatic heterocycles. The van der Waals surface area contributed by atoms with Crippen molar-refractivity contribution in [2.24, 2.45) is 11.7 Å². The van der Waals surface area contributed by atoms with Crippen LogP contribution in [0.5, 0.6) is 0 Å². The highest BCUT2D eigenvalue weighted by molar-refractivity contribution is 7.89. The fourth-order valence-electron chi connectivity index (χ4n) is 1.95. The van der Waals surface area contributed by atoms with E-state index in [0.717, 1.165) is 12.8 Å². The van der Waals surface area contributed by atoms with Gasteiger partial charge in [-0.3, -0.25) is 0 Å². The molecule has 1 aliphatic rings. The van der Waals surface area contributed by atoms with E-state index >= 15 is 0 Å². The molecule has 0 aliphatic heterocycles. The normalized spacial score (nSPS) is 16.7. The minimum Gasteiger partial charge on any atom is -0.465 e. The molecule has 0 saturated heterocycles. The zero-order valence-corrected chi connectivity index (χ0v) is 12.0. The molecule has 7 heteroatoms. The second-order valence-electron chi connectivity index (χ2n) is 4.84. The molecule has 0 amide bonds. The van der Waals surface area contributed by atoms with Crippen LogP contribution in [0, 0.1) is 5.92 Å². The summed E-state index contributed by atoms with van der Waals surface area (Å²) in [6.45, 7) is 0.169. The maximum Gasteiger partial charge on any atom is 0.339 e. The van der Waals surface area contributed by atoms with Crippen LogP contribution in [0.3, 0.4) is 0 Å². The van der Waals surface area contributed by atoms with Crippen LogP contribution in [-0.2, 0) is 14.8 Å². The van der Waals surface area contributed by atoms with Gasteiger partial charge in [0.15, 0.2) is 0 Å². The fourth-order valence-corrected chi connectivity index (χ4v) is 3.22. The summed E-state index contributed by atoms with van der Waals surface area (Å²) in [5, 5.41) is 0. The summed E-state index contributed by atoms with van der Waals surface area (Å²) < 4.78 is 31.5. The predicted octanol–water partition coefficient (Wildman–Crippen LogP) is 0.489. The largest absolute Gasteiger partial charge is 0.465 e. The van der Waals surface area contributed by atoms with Gasteiger partial charge in [0.05, 0.1) is 17.6 Å². The Morgan fingerprint density at radius 3 is 2.70 bits per heavy atom. The van der Waals surface area contributed by atoms with Crippen LogP contribution in [0.25, 0.3) is 0 Å². The van der Waals surface area contributed by atoms with E-state index in [-0.39, 0.29) is 23.0 Å². The van der Waals surface area contributed by atoms with Gasteiger partial charge < -0.3 is 10.5 Å². The second-order valence-corrected chi connectivity index (χ2v) is 6.58. The van der Waals surface area contributed by atoms with Gasteiger partial charge in [-0.05, 0) is 30.9 Å². The van der Waals surface area contributed by atoms with E-state index in [0.29, 0.717) is 5.92 Å². The lowest BCUT2D eigenvalue weighted by Gasteiger charge is -2.13. The molecule has 1 atom stereocenters. The minimum absolute atomic E-state index is 0.0162. The third-order valence-electron chi connectivity index (χ3n) is 3.32. The molecule has 1 aromatic rings. The number of nitrogens with two attached hydrogens (primary N) is 1. The third kappa shape index (κ3) is 3.36. The number of methoxy groups -OCH3 is 1. The van der Waals surface area contributed by atoms with Gasteiger partial charge in [-0.1, -0.05) is 12.1 Å². The molecule has 1 unspecified atom stereocenters. The molecule has 0 heterocycles. The van der Waals surface area contributed by atoms with Crippen LogP contribution in [0.4, 0.5) is 0 Å². The van der Waals surface area contributed by atoms with E-state index in [1.54, 1.807) is 12.1 Å². The van der Waals surface area contributed by atoms with E-state index in [2.05, 4.69) is 9.46 Å². The summed E-state index contributed by atoms with van der Waals surface area (Å²) in [7, 11) is -2.57. The molecule has 20 heavy (non-hydrogen) atoms. The summed E-state index contributed by atoms with van der Waals surface area (Å²) in [6, 6.07) is 5.75. The van der Waals surface area contributed by atoms with Crippen molar-refractivity contribution in [2.75, 3.05) is 13.7 Å². The number of carbonyl (C=O) groups excluding carboxylic acids is 1. The first-order valence-electron chi connectivity index (χ1n) is 6.38. The predicted molar refractivity (Wildman–Crippen MR) is 73.7 cm³/mol. The standard InChI is InChI=1S/C13H18N2O4S/c1-19-13(16)10-4-2-3-5-12(10)20(17,18)15-8-11(14)9-6-7-9/h2-5,9,11,15H,6-8,14H2,1H3. The van der Waals surface area contributed by atoms with Gasteiger partial charge in [-0.2, -0.15) is 0 Å². The van der Waals surface area contributed by atoms with Crippen molar-refractivity contribution in [1.29, 1.82) is 0 Å². The molecule has 1 aliphatic carbocycles. The molecule has 2 rings (SSSR count). The molecule has 3 N–H and O–H groups in total. The summed E-state index contributed by atoms with van der Waals surface area (Å²) in [4.78, 5) is 11.5. The third-order valence-corrected chi connectivity index (χ3v) is 4.80. The summed E-state index contributed by atoms with van der Waals surface area (Å²) in [5.74, 6) is -0.286. The Bertz CT molecular complexity index is 596. The lowest BCUT2D eigenvalue weighted by Crippen LogP contribution is -2.38. The first kappa shape index (κ1) is 15.0. The Hall–Kier alpha value is -1.44. The van der Waals surface area contributed by atoms with Crippen molar-refractivity contribution >= 4 is 16.0 Å². The Kier molecular flexibility index (Phi) is 4.42. The van der Waals surface area contributed by atoms with E-state index < -0.39 is 16.0 Å².